The van der Waals surface area contributed by atoms with Gasteiger partial charge in [-0.1, -0.05) is 23.8 Å². The number of hydrazine groups is 1. The van der Waals surface area contributed by atoms with Crippen molar-refractivity contribution in [1.29, 1.82) is 0 Å². The Hall–Kier alpha value is -1.61. The Bertz CT molecular complexity index is 435. The minimum Gasteiger partial charge on any atom is -0.290 e. The molecule has 0 saturated carbocycles. The van der Waals surface area contributed by atoms with Crippen molar-refractivity contribution < 1.29 is 4.79 Å². The van der Waals surface area contributed by atoms with Gasteiger partial charge >= 0.3 is 0 Å². The summed E-state index contributed by atoms with van der Waals surface area (Å²) < 4.78 is 0. The van der Waals surface area contributed by atoms with Gasteiger partial charge < -0.3 is 0 Å². The molecule has 1 aromatic carbocycles. The number of fused-ring (bicyclic) bond motifs is 1. The molecule has 0 saturated heterocycles. The molecule has 2 rings (SSSR count). The maximum Gasteiger partial charge on any atom is 0.261 e. The molecule has 3 N–H and O–H groups in total. The number of rotatable bonds is 1. The van der Waals surface area contributed by atoms with Gasteiger partial charge in [0.05, 0.1) is 0 Å². The molecule has 0 spiro atoms. The summed E-state index contributed by atoms with van der Waals surface area (Å²) >= 11 is 0. The molecule has 3 nitrogen and oxygen atoms in total. The molecule has 78 valence electrons. The molecule has 1 aliphatic carbocycles. The first-order chi connectivity index (χ1) is 7.20. The van der Waals surface area contributed by atoms with Crippen LogP contribution in [-0.2, 0) is 11.2 Å². The first-order valence-corrected chi connectivity index (χ1v) is 5.02. The van der Waals surface area contributed by atoms with Crippen LogP contribution >= 0.6 is 0 Å². The number of amides is 1. The molecule has 0 fully saturated rings. The molecule has 3 heteroatoms. The van der Waals surface area contributed by atoms with E-state index in [1.807, 2.05) is 13.0 Å². The molecule has 0 unspecified atom stereocenters. The summed E-state index contributed by atoms with van der Waals surface area (Å²) in [5.41, 5.74) is 6.58. The van der Waals surface area contributed by atoms with Crippen LogP contribution in [0.2, 0.25) is 0 Å². The Morgan fingerprint density at radius 1 is 1.40 bits per heavy atom. The van der Waals surface area contributed by atoms with Crippen molar-refractivity contribution in [3.63, 3.8) is 0 Å². The Balaban J connectivity index is 2.39. The van der Waals surface area contributed by atoms with Gasteiger partial charge in [0, 0.05) is 5.57 Å². The van der Waals surface area contributed by atoms with Crippen LogP contribution in [-0.4, -0.2) is 5.91 Å². The van der Waals surface area contributed by atoms with Crippen molar-refractivity contribution in [2.75, 3.05) is 0 Å². The molecule has 1 aliphatic rings. The maximum atomic E-state index is 11.4. The predicted molar refractivity (Wildman–Crippen MR) is 59.8 cm³/mol. The molecule has 0 aliphatic heterocycles. The SMILES string of the molecule is Cc1ccc2c(c1)C=C(C(=O)NN)CC2. The van der Waals surface area contributed by atoms with Crippen LogP contribution in [0.4, 0.5) is 0 Å². The minimum absolute atomic E-state index is 0.179. The van der Waals surface area contributed by atoms with Gasteiger partial charge in [-0.2, -0.15) is 0 Å². The van der Waals surface area contributed by atoms with Gasteiger partial charge in [-0.25, -0.2) is 5.84 Å². The topological polar surface area (TPSA) is 55.1 Å². The van der Waals surface area contributed by atoms with Crippen molar-refractivity contribution in [3.8, 4) is 0 Å². The van der Waals surface area contributed by atoms with E-state index in [-0.39, 0.29) is 5.91 Å². The van der Waals surface area contributed by atoms with E-state index in [9.17, 15) is 4.79 Å². The minimum atomic E-state index is -0.179. The van der Waals surface area contributed by atoms with E-state index in [0.717, 1.165) is 24.0 Å². The molecule has 0 atom stereocenters. The van der Waals surface area contributed by atoms with Gasteiger partial charge in [0.15, 0.2) is 0 Å². The molecule has 0 aromatic heterocycles. The van der Waals surface area contributed by atoms with Crippen molar-refractivity contribution in [3.05, 3.63) is 40.5 Å². The lowest BCUT2D eigenvalue weighted by Gasteiger charge is -2.15. The monoisotopic (exact) mass is 202 g/mol. The number of carbonyl (C=O) groups is 1. The van der Waals surface area contributed by atoms with Crippen molar-refractivity contribution in [2.24, 2.45) is 5.84 Å². The van der Waals surface area contributed by atoms with Crippen LogP contribution in [0.1, 0.15) is 23.1 Å². The largest absolute Gasteiger partial charge is 0.290 e. The summed E-state index contributed by atoms with van der Waals surface area (Å²) in [6.07, 6.45) is 3.60. The van der Waals surface area contributed by atoms with Crippen molar-refractivity contribution in [1.82, 2.24) is 5.43 Å². The van der Waals surface area contributed by atoms with Gasteiger partial charge in [-0.15, -0.1) is 0 Å². The number of hydrogen-bond acceptors (Lipinski definition) is 2. The highest BCUT2D eigenvalue weighted by Gasteiger charge is 2.14. The van der Waals surface area contributed by atoms with Crippen LogP contribution in [0, 0.1) is 6.92 Å². The lowest BCUT2D eigenvalue weighted by Crippen LogP contribution is -2.32. The highest BCUT2D eigenvalue weighted by molar-refractivity contribution is 5.98. The summed E-state index contributed by atoms with van der Waals surface area (Å²) in [5, 5.41) is 0. The van der Waals surface area contributed by atoms with E-state index < -0.39 is 0 Å². The molecule has 0 heterocycles. The van der Waals surface area contributed by atoms with Crippen molar-refractivity contribution >= 4 is 12.0 Å². The lowest BCUT2D eigenvalue weighted by atomic mass is 9.91. The van der Waals surface area contributed by atoms with Gasteiger partial charge in [0.2, 0.25) is 0 Å². The first kappa shape index (κ1) is 9.93. The van der Waals surface area contributed by atoms with Gasteiger partial charge in [-0.05, 0) is 37.0 Å². The third kappa shape index (κ3) is 1.92. The highest BCUT2D eigenvalue weighted by Crippen LogP contribution is 2.24. The van der Waals surface area contributed by atoms with Gasteiger partial charge in [-0.3, -0.25) is 10.2 Å². The molecule has 0 radical (unpaired) electrons. The highest BCUT2D eigenvalue weighted by atomic mass is 16.2. The summed E-state index contributed by atoms with van der Waals surface area (Å²) in [6, 6.07) is 6.32. The van der Waals surface area contributed by atoms with Gasteiger partial charge in [0.1, 0.15) is 0 Å². The van der Waals surface area contributed by atoms with E-state index in [0.29, 0.717) is 0 Å². The van der Waals surface area contributed by atoms with Crippen LogP contribution in [0.5, 0.6) is 0 Å². The molecule has 1 amide bonds. The zero-order valence-corrected chi connectivity index (χ0v) is 8.71. The molecular formula is C12H14N2O. The van der Waals surface area contributed by atoms with Crippen molar-refractivity contribution in [2.45, 2.75) is 19.8 Å². The van der Waals surface area contributed by atoms with Crippen LogP contribution in [0.25, 0.3) is 6.08 Å². The van der Waals surface area contributed by atoms with E-state index >= 15 is 0 Å². The Labute approximate surface area is 88.9 Å². The third-order valence-corrected chi connectivity index (χ3v) is 2.72. The van der Waals surface area contributed by atoms with E-state index in [1.54, 1.807) is 0 Å². The number of nitrogens with two attached hydrogens (primary N) is 1. The number of hydrogen-bond donors (Lipinski definition) is 2. The summed E-state index contributed by atoms with van der Waals surface area (Å²) in [5.74, 6) is 4.93. The number of aryl methyl sites for hydroxylation is 2. The third-order valence-electron chi connectivity index (χ3n) is 2.72. The van der Waals surface area contributed by atoms with Crippen LogP contribution in [0.15, 0.2) is 23.8 Å². The molecule has 15 heavy (non-hydrogen) atoms. The lowest BCUT2D eigenvalue weighted by molar-refractivity contribution is -0.117. The normalized spacial score (nSPS) is 14.1. The van der Waals surface area contributed by atoms with Crippen LogP contribution < -0.4 is 11.3 Å². The second kappa shape index (κ2) is 3.87. The second-order valence-electron chi connectivity index (χ2n) is 3.85. The summed E-state index contributed by atoms with van der Waals surface area (Å²) in [4.78, 5) is 11.4. The first-order valence-electron chi connectivity index (χ1n) is 5.02. The predicted octanol–water partition coefficient (Wildman–Crippen LogP) is 1.31. The standard InChI is InChI=1S/C12H14N2O/c1-8-2-3-9-4-5-10(12(15)14-13)7-11(9)6-8/h2-3,6-7H,4-5,13H2,1H3,(H,14,15). The molecular weight excluding hydrogens is 188 g/mol. The van der Waals surface area contributed by atoms with Gasteiger partial charge in [0.25, 0.3) is 5.91 Å². The summed E-state index contributed by atoms with van der Waals surface area (Å²) in [7, 11) is 0. The Kier molecular flexibility index (Phi) is 2.56. The fourth-order valence-electron chi connectivity index (χ4n) is 1.88. The maximum absolute atomic E-state index is 11.4. The fraction of sp³-hybridized carbons (Fsp3) is 0.250. The summed E-state index contributed by atoms with van der Waals surface area (Å²) in [6.45, 7) is 2.05. The van der Waals surface area contributed by atoms with E-state index in [1.165, 1.54) is 11.1 Å². The average Bonchev–Trinajstić information content (AvgIpc) is 2.27. The van der Waals surface area contributed by atoms with E-state index in [2.05, 4.69) is 23.6 Å². The smallest absolute Gasteiger partial charge is 0.261 e. The Morgan fingerprint density at radius 3 is 2.93 bits per heavy atom. The zero-order valence-electron chi connectivity index (χ0n) is 8.71. The average molecular weight is 202 g/mol. The number of carbonyl (C=O) groups excluding carboxylic acids is 1. The van der Waals surface area contributed by atoms with Crippen LogP contribution in [0.3, 0.4) is 0 Å². The number of benzene rings is 1. The fourth-order valence-corrected chi connectivity index (χ4v) is 1.88. The quantitative estimate of drug-likeness (QED) is 0.410. The number of nitrogens with one attached hydrogen (secondary N) is 1. The second-order valence-corrected chi connectivity index (χ2v) is 3.85. The molecule has 1 aromatic rings. The Morgan fingerprint density at radius 2 is 2.20 bits per heavy atom. The zero-order chi connectivity index (χ0) is 10.8. The molecule has 0 bridgehead atoms. The van der Waals surface area contributed by atoms with E-state index in [4.69, 9.17) is 5.84 Å².